The van der Waals surface area contributed by atoms with Crippen LogP contribution in [0.2, 0.25) is 0 Å². The Labute approximate surface area is 572 Å². The molecule has 4 bridgehead atoms. The summed E-state index contributed by atoms with van der Waals surface area (Å²) in [6, 6.07) is 6.74. The molecule has 0 radical (unpaired) electrons. The van der Waals surface area contributed by atoms with Gasteiger partial charge < -0.3 is 31.3 Å². The number of Topliss-reactive ketones (excluding diaryl/α,β-unsaturated/α-hetero) is 2. The summed E-state index contributed by atoms with van der Waals surface area (Å²) in [4.78, 5) is 149. The zero-order chi connectivity index (χ0) is 70.3. The molecule has 4 rings (SSSR count). The van der Waals surface area contributed by atoms with Crippen LogP contribution < -0.4 is 21.3 Å². The van der Waals surface area contributed by atoms with Gasteiger partial charge in [0.25, 0.3) is 0 Å². The molecule has 5 unspecified atom stereocenters. The minimum Gasteiger partial charge on any atom is -0.508 e. The van der Waals surface area contributed by atoms with Gasteiger partial charge >= 0.3 is 203 Å². The van der Waals surface area contributed by atoms with Crippen molar-refractivity contribution in [1.82, 2.24) is 40.9 Å². The van der Waals surface area contributed by atoms with Crippen LogP contribution in [0.15, 0.2) is 24.3 Å². The first-order chi connectivity index (χ1) is 44.8. The fourth-order valence-corrected chi connectivity index (χ4v) is 15.8. The number of unbranched alkanes of at least 4 members (excludes halogenated alkanes) is 2. The largest absolute Gasteiger partial charge is 0.508 e. The molecule has 95 heavy (non-hydrogen) atoms. The number of benzene rings is 1. The van der Waals surface area contributed by atoms with Crippen LogP contribution in [-0.4, -0.2) is 221 Å². The van der Waals surface area contributed by atoms with Crippen molar-refractivity contribution in [1.29, 1.82) is 0 Å². The fraction of sp³-hybridized carbons (Fsp3) is 0.754. The number of aliphatic carboxylic acids is 2. The third kappa shape index (κ3) is 34.4. The summed E-state index contributed by atoms with van der Waals surface area (Å²) in [6.07, 6.45) is 8.72. The molecule has 7 N–H and O–H groups in total. The summed E-state index contributed by atoms with van der Waals surface area (Å²) < 4.78 is 16.4. The van der Waals surface area contributed by atoms with E-state index in [1.807, 2.05) is 26.5 Å². The van der Waals surface area contributed by atoms with Crippen molar-refractivity contribution in [3.8, 4) is 5.75 Å². The van der Waals surface area contributed by atoms with Gasteiger partial charge in [-0.05, 0) is 118 Å². The molecule has 534 valence electrons. The van der Waals surface area contributed by atoms with Gasteiger partial charge in [-0.15, -0.1) is 0 Å². The molecule has 4 amide bonds. The van der Waals surface area contributed by atoms with Crippen LogP contribution in [0.5, 0.6) is 5.75 Å². The zero-order valence-corrected chi connectivity index (χ0v) is 61.7. The Bertz CT molecular complexity index is 2640. The number of carboxylic acid groups (broad SMARTS) is 2. The monoisotopic (exact) mass is 1440 g/mol. The number of aromatic hydroxyl groups is 1. The number of hydrogen-bond acceptors (Lipinski definition) is 19. The number of hydrogen-bond donors (Lipinski definition) is 7. The minimum absolute atomic E-state index is 0.000808. The van der Waals surface area contributed by atoms with E-state index in [-0.39, 0.29) is 127 Å². The molecular weight excluding hydrogens is 1330 g/mol. The van der Waals surface area contributed by atoms with E-state index in [2.05, 4.69) is 69.7 Å². The summed E-state index contributed by atoms with van der Waals surface area (Å²) in [5, 5.41) is 41.1. The van der Waals surface area contributed by atoms with Gasteiger partial charge in [0.15, 0.2) is 0 Å². The number of carbonyl (C=O) groups excluding carboxylic acids is 9. The number of nitrogens with zero attached hydrogens (tertiary/aromatic N) is 4. The van der Waals surface area contributed by atoms with E-state index < -0.39 is 70.2 Å². The average molecular weight is 1440 g/mol. The normalized spacial score (nSPS) is 19.3. The molecule has 3 fully saturated rings. The van der Waals surface area contributed by atoms with Gasteiger partial charge in [-0.2, -0.15) is 0 Å². The van der Waals surface area contributed by atoms with Crippen LogP contribution in [0.4, 0.5) is 0 Å². The number of carboxylic acids is 2. The van der Waals surface area contributed by atoms with Crippen LogP contribution in [0.3, 0.4) is 0 Å². The average Bonchev–Trinajstić information content (AvgIpc) is 1.89. The Morgan fingerprint density at radius 3 is 1.44 bits per heavy atom. The molecule has 25 nitrogen and oxygen atoms in total. The Balaban J connectivity index is 1.26. The standard InChI is InChI=1S/C69H116N8O17.In/c1-10-51(63(90)71-29-12-11-17-53(66(93)94)40-57(80)39-52(49(2)78)22-25-59(82)83)42-68(6,7)26-16-19-55(65(92)73-44-50-20-23-56(79)24-21-50)43-69(8,9)27-15-18-54(41-67(3,4)5)64(91)72-30-14-13-28-70-58(81)45-74-31-33-75(46-60(84)85)35-37-77(48-62(88)89)38-36-76(34-32-74)47-61(86)87;/h20-21,23-24,51-55,79H,10-19,22,25-48H2,1-9H3,(H,70,81)(H,71,90)(H,72,91)(H,73,92)(H,82,83)(H,84,85)(H,86,87)(H,88,89)(H,93,94);/q;+3/p-3/t51?,52-,53-,54?,55?;/m1./s1. The quantitative estimate of drug-likeness (QED) is 0.0362. The molecule has 0 spiro atoms. The third-order valence-corrected chi connectivity index (χ3v) is 22.3. The van der Waals surface area contributed by atoms with Crippen LogP contribution in [0, 0.1) is 45.8 Å². The third-order valence-electron chi connectivity index (χ3n) is 18.4. The second kappa shape index (κ2) is 41.5. The van der Waals surface area contributed by atoms with Crippen molar-refractivity contribution in [2.24, 2.45) is 45.8 Å². The molecular formula is C69H113InN8O17. The molecule has 26 heteroatoms. The summed E-state index contributed by atoms with van der Waals surface area (Å²) in [7, 11) is 0. The molecule has 3 heterocycles. The second-order valence-corrected chi connectivity index (χ2v) is 33.1. The van der Waals surface area contributed by atoms with E-state index in [1.165, 1.54) is 6.92 Å². The van der Waals surface area contributed by atoms with Crippen molar-refractivity contribution in [2.45, 2.75) is 191 Å². The predicted molar refractivity (Wildman–Crippen MR) is 358 cm³/mol. The molecule has 1 aromatic carbocycles. The number of ketones is 2. The predicted octanol–water partition coefficient (Wildman–Crippen LogP) is 6.16. The van der Waals surface area contributed by atoms with Crippen LogP contribution in [0.25, 0.3) is 0 Å². The van der Waals surface area contributed by atoms with Gasteiger partial charge in [-0.1, -0.05) is 86.8 Å². The molecule has 3 saturated heterocycles. The van der Waals surface area contributed by atoms with Crippen molar-refractivity contribution in [3.63, 3.8) is 0 Å². The maximum Gasteiger partial charge on any atom is 0.306 e. The number of amides is 4. The van der Waals surface area contributed by atoms with E-state index in [0.29, 0.717) is 143 Å². The van der Waals surface area contributed by atoms with E-state index in [0.717, 1.165) is 31.2 Å². The molecule has 0 aliphatic carbocycles. The molecule has 0 saturated carbocycles. The SMILES string of the molecule is CCC(CC(C)(C)CCCC(CC(C)(C)CCCC(CC(C)(C)C)C(=O)NCCCCNC(=O)CN1CCN2CCN3CCN(CC1)CC(=O)[O][In]([O]C(=O)C2)[O]C(=O)C3)C(=O)NCc1ccc(O)cc1)C(=O)NCCCC[C@H](CC(=O)C[C@@H](CCC(=O)O)C(C)=O)C(=O)O. The van der Waals surface area contributed by atoms with Gasteiger partial charge in [-0.25, -0.2) is 0 Å². The molecule has 3 aliphatic rings. The van der Waals surface area contributed by atoms with Gasteiger partial charge in [0.2, 0.25) is 17.7 Å². The topological polar surface area (TPSA) is 337 Å². The van der Waals surface area contributed by atoms with Crippen molar-refractivity contribution >= 4 is 87.8 Å². The van der Waals surface area contributed by atoms with Gasteiger partial charge in [0.1, 0.15) is 17.3 Å². The Morgan fingerprint density at radius 2 is 0.968 bits per heavy atom. The van der Waals surface area contributed by atoms with E-state index >= 15 is 0 Å². The Hall–Kier alpha value is -5.70. The summed E-state index contributed by atoms with van der Waals surface area (Å²) in [5.74, 6) is -7.39. The number of nitrogens with one attached hydrogen (secondary N) is 4. The van der Waals surface area contributed by atoms with Gasteiger partial charge in [0, 0.05) is 62.6 Å². The van der Waals surface area contributed by atoms with E-state index in [9.17, 15) is 63.0 Å². The molecule has 3 aliphatic heterocycles. The minimum atomic E-state index is -4.25. The number of rotatable bonds is 40. The molecule has 1 aromatic rings. The first-order valence-corrected chi connectivity index (χ1v) is 38.6. The smallest absolute Gasteiger partial charge is 0.306 e. The maximum atomic E-state index is 14.2. The number of carbonyl (C=O) groups is 11. The second-order valence-electron chi connectivity index (χ2n) is 29.4. The van der Waals surface area contributed by atoms with Crippen molar-refractivity contribution in [3.05, 3.63) is 29.8 Å². The fourth-order valence-electron chi connectivity index (χ4n) is 12.9. The van der Waals surface area contributed by atoms with Gasteiger partial charge in [0.05, 0.1) is 5.92 Å². The van der Waals surface area contributed by atoms with Crippen LogP contribution >= 0.6 is 0 Å². The van der Waals surface area contributed by atoms with Crippen molar-refractivity contribution < 1.29 is 76.6 Å². The van der Waals surface area contributed by atoms with Crippen LogP contribution in [0.1, 0.15) is 190 Å². The van der Waals surface area contributed by atoms with E-state index in [4.69, 9.17) is 13.7 Å². The molecule has 7 atom stereocenters. The number of fused-ring (bicyclic) bond motifs is 7. The van der Waals surface area contributed by atoms with Crippen molar-refractivity contribution in [2.75, 3.05) is 98.2 Å². The number of phenols is 1. The Kier molecular flexibility index (Phi) is 35.7. The Morgan fingerprint density at radius 1 is 0.537 bits per heavy atom. The zero-order valence-electron chi connectivity index (χ0n) is 58.4. The van der Waals surface area contributed by atoms with Gasteiger partial charge in [-0.3, -0.25) is 33.6 Å². The summed E-state index contributed by atoms with van der Waals surface area (Å²) >= 11 is -4.25. The first-order valence-electron chi connectivity index (χ1n) is 34.6. The van der Waals surface area contributed by atoms with E-state index in [1.54, 1.807) is 24.3 Å². The summed E-state index contributed by atoms with van der Waals surface area (Å²) in [5.41, 5.74) is 0.246. The molecule has 0 aromatic heterocycles. The first kappa shape index (κ1) is 81.7. The summed E-state index contributed by atoms with van der Waals surface area (Å²) in [6.45, 7) is 23.7. The van der Waals surface area contributed by atoms with Crippen LogP contribution in [-0.2, 0) is 67.8 Å². The number of phenolic OH excluding ortho intramolecular Hbond substituents is 1. The maximum absolute atomic E-state index is 14.2.